The summed E-state index contributed by atoms with van der Waals surface area (Å²) in [6.07, 6.45) is 6.09. The maximum atomic E-state index is 12.2. The molecule has 0 aromatic heterocycles. The van der Waals surface area contributed by atoms with Crippen molar-refractivity contribution < 1.29 is 19.8 Å². The molecule has 6 heteroatoms. The summed E-state index contributed by atoms with van der Waals surface area (Å²) in [6, 6.07) is -0.768. The molecule has 1 amide bonds. The molecule has 0 rings (SSSR count). The third-order valence-electron chi connectivity index (χ3n) is 3.42. The van der Waals surface area contributed by atoms with Gasteiger partial charge >= 0.3 is 5.97 Å². The number of nitrogens with zero attached hydrogens (tertiary/aromatic N) is 1. The highest BCUT2D eigenvalue weighted by molar-refractivity contribution is 5.82. The van der Waals surface area contributed by atoms with Crippen LogP contribution >= 0.6 is 0 Å². The second-order valence-electron chi connectivity index (χ2n) is 5.36. The molecule has 0 aliphatic rings. The van der Waals surface area contributed by atoms with Crippen molar-refractivity contribution in [1.29, 1.82) is 0 Å². The number of amides is 1. The molecule has 0 saturated heterocycles. The van der Waals surface area contributed by atoms with E-state index in [1.807, 2.05) is 0 Å². The van der Waals surface area contributed by atoms with Gasteiger partial charge in [0.25, 0.3) is 0 Å². The Hall–Kier alpha value is -1.14. The molecule has 21 heavy (non-hydrogen) atoms. The number of hydrogen-bond donors (Lipinski definition) is 3. The monoisotopic (exact) mass is 302 g/mol. The maximum absolute atomic E-state index is 12.2. The normalized spacial score (nSPS) is 12.1. The van der Waals surface area contributed by atoms with Crippen LogP contribution in [0.2, 0.25) is 0 Å². The van der Waals surface area contributed by atoms with E-state index in [0.29, 0.717) is 19.5 Å². The molecule has 0 aliphatic heterocycles. The van der Waals surface area contributed by atoms with Crippen molar-refractivity contribution in [3.63, 3.8) is 0 Å². The number of carbonyl (C=O) groups is 2. The van der Waals surface area contributed by atoms with Crippen molar-refractivity contribution in [3.8, 4) is 0 Å². The first kappa shape index (κ1) is 19.9. The lowest BCUT2D eigenvalue weighted by atomic mass is 10.1. The van der Waals surface area contributed by atoms with E-state index >= 15 is 0 Å². The number of aliphatic hydroxyl groups excluding tert-OH is 1. The topological polar surface area (TPSA) is 104 Å². The molecule has 0 fully saturated rings. The Morgan fingerprint density at radius 3 is 2.29 bits per heavy atom. The Bertz CT molecular complexity index is 297. The first-order valence-electron chi connectivity index (χ1n) is 7.90. The number of carboxylic acids is 1. The van der Waals surface area contributed by atoms with Crippen molar-refractivity contribution in [1.82, 2.24) is 4.90 Å². The van der Waals surface area contributed by atoms with Gasteiger partial charge in [-0.1, -0.05) is 32.6 Å². The third-order valence-corrected chi connectivity index (χ3v) is 3.42. The van der Waals surface area contributed by atoms with Crippen molar-refractivity contribution in [3.05, 3.63) is 0 Å². The van der Waals surface area contributed by atoms with E-state index in [2.05, 4.69) is 6.92 Å². The van der Waals surface area contributed by atoms with Crippen LogP contribution in [0.5, 0.6) is 0 Å². The number of aliphatic carboxylic acids is 1. The van der Waals surface area contributed by atoms with Gasteiger partial charge in [0.15, 0.2) is 0 Å². The van der Waals surface area contributed by atoms with Crippen molar-refractivity contribution in [2.45, 2.75) is 64.3 Å². The van der Waals surface area contributed by atoms with E-state index in [4.69, 9.17) is 15.9 Å². The highest BCUT2D eigenvalue weighted by Gasteiger charge is 2.21. The molecule has 0 saturated carbocycles. The van der Waals surface area contributed by atoms with Gasteiger partial charge in [-0.05, 0) is 19.3 Å². The summed E-state index contributed by atoms with van der Waals surface area (Å²) in [6.45, 7) is 3.29. The van der Waals surface area contributed by atoms with E-state index < -0.39 is 12.0 Å². The van der Waals surface area contributed by atoms with Crippen LogP contribution in [0.15, 0.2) is 0 Å². The van der Waals surface area contributed by atoms with Gasteiger partial charge in [-0.15, -0.1) is 0 Å². The molecule has 0 radical (unpaired) electrons. The van der Waals surface area contributed by atoms with Crippen LogP contribution in [0.1, 0.15) is 58.3 Å². The first-order valence-corrected chi connectivity index (χ1v) is 7.90. The van der Waals surface area contributed by atoms with Gasteiger partial charge in [-0.2, -0.15) is 0 Å². The number of nitrogens with two attached hydrogens (primary N) is 1. The van der Waals surface area contributed by atoms with Crippen LogP contribution in [0, 0.1) is 0 Å². The predicted molar refractivity (Wildman–Crippen MR) is 81.9 cm³/mol. The fourth-order valence-electron chi connectivity index (χ4n) is 2.14. The van der Waals surface area contributed by atoms with Gasteiger partial charge in [0, 0.05) is 26.1 Å². The van der Waals surface area contributed by atoms with Crippen LogP contribution in [0.3, 0.4) is 0 Å². The summed E-state index contributed by atoms with van der Waals surface area (Å²) >= 11 is 0. The molecular weight excluding hydrogens is 272 g/mol. The van der Waals surface area contributed by atoms with Gasteiger partial charge in [0.1, 0.15) is 0 Å². The maximum Gasteiger partial charge on any atom is 0.303 e. The molecule has 1 atom stereocenters. The average Bonchev–Trinajstić information content (AvgIpc) is 2.46. The minimum atomic E-state index is -0.945. The molecule has 1 unspecified atom stereocenters. The summed E-state index contributed by atoms with van der Waals surface area (Å²) in [5.41, 5.74) is 5.77. The molecule has 0 spiro atoms. The fourth-order valence-corrected chi connectivity index (χ4v) is 2.14. The second kappa shape index (κ2) is 12.6. The molecule has 6 nitrogen and oxygen atoms in total. The fraction of sp³-hybridized carbons (Fsp3) is 0.867. The lowest BCUT2D eigenvalue weighted by Gasteiger charge is -2.25. The van der Waals surface area contributed by atoms with E-state index in [-0.39, 0.29) is 25.4 Å². The quantitative estimate of drug-likeness (QED) is 0.446. The Balaban J connectivity index is 4.23. The van der Waals surface area contributed by atoms with E-state index in [0.717, 1.165) is 19.3 Å². The van der Waals surface area contributed by atoms with Crippen LogP contribution in [0.4, 0.5) is 0 Å². The van der Waals surface area contributed by atoms with Gasteiger partial charge in [0.05, 0.1) is 6.04 Å². The van der Waals surface area contributed by atoms with Gasteiger partial charge < -0.3 is 20.8 Å². The minimum Gasteiger partial charge on any atom is -0.481 e. The first-order chi connectivity index (χ1) is 10.0. The van der Waals surface area contributed by atoms with Gasteiger partial charge in [-0.3, -0.25) is 9.59 Å². The summed E-state index contributed by atoms with van der Waals surface area (Å²) in [5, 5.41) is 17.5. The summed E-state index contributed by atoms with van der Waals surface area (Å²) in [4.78, 5) is 24.4. The number of hydrogen-bond acceptors (Lipinski definition) is 4. The summed E-state index contributed by atoms with van der Waals surface area (Å²) < 4.78 is 0. The molecule has 0 bridgehead atoms. The van der Waals surface area contributed by atoms with Crippen LogP contribution < -0.4 is 5.73 Å². The molecule has 0 aliphatic carbocycles. The van der Waals surface area contributed by atoms with Gasteiger partial charge in [-0.25, -0.2) is 0 Å². The number of rotatable bonds is 13. The zero-order chi connectivity index (χ0) is 16.1. The number of carbonyl (C=O) groups excluding carboxylic acids is 1. The number of carboxylic acid groups (broad SMARTS) is 1. The molecular formula is C15H30N2O4. The van der Waals surface area contributed by atoms with E-state index in [9.17, 15) is 9.59 Å². The van der Waals surface area contributed by atoms with Crippen LogP contribution in [0.25, 0.3) is 0 Å². The minimum absolute atomic E-state index is 0.0317. The SMILES string of the molecule is CCCCCCCN(CCCO)C(=O)C(N)CCC(=O)O. The van der Waals surface area contributed by atoms with Crippen molar-refractivity contribution in [2.75, 3.05) is 19.7 Å². The highest BCUT2D eigenvalue weighted by Crippen LogP contribution is 2.07. The van der Waals surface area contributed by atoms with E-state index in [1.54, 1.807) is 4.90 Å². The number of aliphatic hydroxyl groups is 1. The zero-order valence-corrected chi connectivity index (χ0v) is 13.1. The third kappa shape index (κ3) is 10.3. The zero-order valence-electron chi connectivity index (χ0n) is 13.1. The Morgan fingerprint density at radius 1 is 1.10 bits per heavy atom. The van der Waals surface area contributed by atoms with Gasteiger partial charge in [0.2, 0.25) is 5.91 Å². The van der Waals surface area contributed by atoms with E-state index in [1.165, 1.54) is 12.8 Å². The predicted octanol–water partition coefficient (Wildman–Crippen LogP) is 1.36. The second-order valence-corrected chi connectivity index (χ2v) is 5.36. The molecule has 0 aromatic rings. The molecule has 0 aromatic carbocycles. The lowest BCUT2D eigenvalue weighted by molar-refractivity contribution is -0.137. The molecule has 124 valence electrons. The van der Waals surface area contributed by atoms with Crippen LogP contribution in [-0.4, -0.2) is 52.7 Å². The average molecular weight is 302 g/mol. The number of unbranched alkanes of at least 4 members (excludes halogenated alkanes) is 4. The Kier molecular flexibility index (Phi) is 11.9. The highest BCUT2D eigenvalue weighted by atomic mass is 16.4. The molecule has 4 N–H and O–H groups in total. The largest absolute Gasteiger partial charge is 0.481 e. The molecule has 0 heterocycles. The van der Waals surface area contributed by atoms with Crippen molar-refractivity contribution in [2.24, 2.45) is 5.73 Å². The van der Waals surface area contributed by atoms with Crippen molar-refractivity contribution >= 4 is 11.9 Å². The Labute approximate surface area is 127 Å². The standard InChI is InChI=1S/C15H30N2O4/c1-2-3-4-5-6-10-17(11-7-12-18)15(21)13(16)8-9-14(19)20/h13,18H,2-12,16H2,1H3,(H,19,20). The lowest BCUT2D eigenvalue weighted by Crippen LogP contribution is -2.45. The Morgan fingerprint density at radius 2 is 1.71 bits per heavy atom. The van der Waals surface area contributed by atoms with Crippen LogP contribution in [-0.2, 0) is 9.59 Å². The smallest absolute Gasteiger partial charge is 0.303 e. The summed E-state index contributed by atoms with van der Waals surface area (Å²) in [5.74, 6) is -1.15. The summed E-state index contributed by atoms with van der Waals surface area (Å²) in [7, 11) is 0.